The molecule has 1 aliphatic heterocycles. The molecule has 2 aliphatic rings. The van der Waals surface area contributed by atoms with Gasteiger partial charge in [0.05, 0.1) is 12.8 Å². The minimum Gasteiger partial charge on any atom is -0.497 e. The Bertz CT molecular complexity index is 1340. The van der Waals surface area contributed by atoms with Gasteiger partial charge in [-0.2, -0.15) is 18.3 Å². The summed E-state index contributed by atoms with van der Waals surface area (Å²) < 4.78 is 47.7. The summed E-state index contributed by atoms with van der Waals surface area (Å²) in [5, 5.41) is 3.83. The number of methoxy groups -OCH3 is 1. The van der Waals surface area contributed by atoms with Gasteiger partial charge in [-0.05, 0) is 61.2 Å². The molecule has 7 nitrogen and oxygen atoms in total. The molecule has 1 saturated carbocycles. The molecule has 2 heterocycles. The zero-order chi connectivity index (χ0) is 26.5. The van der Waals surface area contributed by atoms with Gasteiger partial charge in [-0.25, -0.2) is 4.68 Å². The highest BCUT2D eigenvalue weighted by Gasteiger charge is 2.46. The molecule has 2 aromatic carbocycles. The average Bonchev–Trinajstić information content (AvgIpc) is 3.53. The highest BCUT2D eigenvalue weighted by Crippen LogP contribution is 2.51. The Morgan fingerprint density at radius 2 is 1.68 bits per heavy atom. The Morgan fingerprint density at radius 3 is 2.22 bits per heavy atom. The Hall–Kier alpha value is -3.82. The number of hydrogen-bond acceptors (Lipinski definition) is 4. The van der Waals surface area contributed by atoms with Gasteiger partial charge >= 0.3 is 6.18 Å². The van der Waals surface area contributed by atoms with Crippen LogP contribution in [0.2, 0.25) is 0 Å². The maximum absolute atomic E-state index is 13.8. The van der Waals surface area contributed by atoms with E-state index in [2.05, 4.69) is 5.10 Å². The lowest BCUT2D eigenvalue weighted by Gasteiger charge is -2.28. The number of fused-ring (bicyclic) bond motifs is 1. The first-order valence-electron chi connectivity index (χ1n) is 12.0. The van der Waals surface area contributed by atoms with E-state index in [0.29, 0.717) is 23.5 Å². The third-order valence-electron chi connectivity index (χ3n) is 7.24. The predicted octanol–water partition coefficient (Wildman–Crippen LogP) is 4.61. The summed E-state index contributed by atoms with van der Waals surface area (Å²) in [5.74, 6) is 0.0545. The van der Waals surface area contributed by atoms with Crippen LogP contribution in [0.3, 0.4) is 0 Å². The topological polar surface area (TPSA) is 67.7 Å². The maximum atomic E-state index is 13.8. The van der Waals surface area contributed by atoms with Gasteiger partial charge in [0.15, 0.2) is 5.69 Å². The third kappa shape index (κ3) is 4.45. The smallest absolute Gasteiger partial charge is 0.435 e. The molecular weight excluding hydrogens is 485 g/mol. The zero-order valence-electron chi connectivity index (χ0n) is 20.8. The van der Waals surface area contributed by atoms with Gasteiger partial charge in [0.2, 0.25) is 5.91 Å². The van der Waals surface area contributed by atoms with E-state index in [1.54, 1.807) is 55.4 Å². The highest BCUT2D eigenvalue weighted by atomic mass is 19.4. The van der Waals surface area contributed by atoms with E-state index in [1.807, 2.05) is 12.1 Å². The fourth-order valence-corrected chi connectivity index (χ4v) is 4.91. The molecule has 194 valence electrons. The number of carbonyl (C=O) groups is 2. The number of rotatable bonds is 6. The highest BCUT2D eigenvalue weighted by molar-refractivity contribution is 6.07. The first-order valence-corrected chi connectivity index (χ1v) is 12.0. The van der Waals surface area contributed by atoms with E-state index in [1.165, 1.54) is 12.0 Å². The summed E-state index contributed by atoms with van der Waals surface area (Å²) in [6.45, 7) is 0.104. The number of aromatic nitrogens is 2. The molecule has 0 N–H and O–H groups in total. The number of carbonyl (C=O) groups excluding carboxylic acids is 2. The van der Waals surface area contributed by atoms with E-state index in [4.69, 9.17) is 4.74 Å². The minimum absolute atomic E-state index is 0.0229. The monoisotopic (exact) mass is 512 g/mol. The van der Waals surface area contributed by atoms with Crippen LogP contribution in [-0.4, -0.2) is 54.2 Å². The van der Waals surface area contributed by atoms with Gasteiger partial charge in [-0.1, -0.05) is 12.1 Å². The number of benzene rings is 2. The normalized spacial score (nSPS) is 16.4. The Labute approximate surface area is 212 Å². The molecule has 10 heteroatoms. The lowest BCUT2D eigenvalue weighted by Crippen LogP contribution is -2.39. The van der Waals surface area contributed by atoms with Gasteiger partial charge in [-0.3, -0.25) is 9.59 Å². The number of alkyl halides is 3. The largest absolute Gasteiger partial charge is 0.497 e. The van der Waals surface area contributed by atoms with Crippen LogP contribution < -0.4 is 9.64 Å². The lowest BCUT2D eigenvalue weighted by molar-refractivity contribution is -0.142. The Morgan fingerprint density at radius 1 is 1.05 bits per heavy atom. The quantitative estimate of drug-likeness (QED) is 0.484. The fourth-order valence-electron chi connectivity index (χ4n) is 4.91. The summed E-state index contributed by atoms with van der Waals surface area (Å²) in [7, 11) is 4.96. The first-order chi connectivity index (χ1) is 17.5. The van der Waals surface area contributed by atoms with E-state index >= 15 is 0 Å². The van der Waals surface area contributed by atoms with Gasteiger partial charge in [0.1, 0.15) is 11.4 Å². The standard InChI is InChI=1S/C27H27F3N4O3/c1-32(2)22(35)16-26(13-14-26)17-4-6-18(7-5-17)33-15-12-21-23(25(33)36)34(31-24(21)27(28,29)30)19-8-10-20(37-3)11-9-19/h4-11H,12-16H2,1-3H3. The van der Waals surface area contributed by atoms with Crippen LogP contribution in [0.1, 0.15) is 46.6 Å². The minimum atomic E-state index is -4.69. The van der Waals surface area contributed by atoms with Crippen LogP contribution in [0.4, 0.5) is 18.9 Å². The van der Waals surface area contributed by atoms with E-state index in [-0.39, 0.29) is 35.5 Å². The number of ether oxygens (including phenoxy) is 1. The molecule has 5 rings (SSSR count). The van der Waals surface area contributed by atoms with Crippen molar-refractivity contribution in [3.05, 3.63) is 71.0 Å². The summed E-state index contributed by atoms with van der Waals surface area (Å²) in [5.41, 5.74) is 0.531. The fraction of sp³-hybridized carbons (Fsp3) is 0.370. The number of anilines is 1. The van der Waals surface area contributed by atoms with Crippen molar-refractivity contribution in [3.63, 3.8) is 0 Å². The molecule has 1 aromatic heterocycles. The van der Waals surface area contributed by atoms with Gasteiger partial charge in [-0.15, -0.1) is 0 Å². The number of halogens is 3. The van der Waals surface area contributed by atoms with Crippen molar-refractivity contribution < 1.29 is 27.5 Å². The Balaban J connectivity index is 1.47. The molecule has 0 spiro atoms. The van der Waals surface area contributed by atoms with Crippen LogP contribution in [0, 0.1) is 0 Å². The van der Waals surface area contributed by atoms with Gasteiger partial charge in [0, 0.05) is 43.7 Å². The van der Waals surface area contributed by atoms with Crippen molar-refractivity contribution in [3.8, 4) is 11.4 Å². The summed E-state index contributed by atoms with van der Waals surface area (Å²) in [6, 6.07) is 13.8. The first kappa shape index (κ1) is 24.9. The van der Waals surface area contributed by atoms with Crippen LogP contribution >= 0.6 is 0 Å². The molecule has 0 bridgehead atoms. The third-order valence-corrected chi connectivity index (χ3v) is 7.24. The van der Waals surface area contributed by atoms with E-state index < -0.39 is 17.8 Å². The van der Waals surface area contributed by atoms with Crippen LogP contribution in [-0.2, 0) is 22.8 Å². The van der Waals surface area contributed by atoms with Crippen molar-refractivity contribution >= 4 is 17.5 Å². The summed E-state index contributed by atoms with van der Waals surface area (Å²) in [4.78, 5) is 29.0. The predicted molar refractivity (Wildman–Crippen MR) is 131 cm³/mol. The lowest BCUT2D eigenvalue weighted by atomic mass is 9.91. The van der Waals surface area contributed by atoms with Crippen LogP contribution in [0.15, 0.2) is 48.5 Å². The maximum Gasteiger partial charge on any atom is 0.435 e. The second-order valence-electron chi connectivity index (χ2n) is 9.78. The van der Waals surface area contributed by atoms with E-state index in [9.17, 15) is 22.8 Å². The molecule has 1 fully saturated rings. The van der Waals surface area contributed by atoms with Crippen molar-refractivity contribution in [2.75, 3.05) is 32.6 Å². The molecule has 3 aromatic rings. The summed E-state index contributed by atoms with van der Waals surface area (Å²) in [6.07, 6.45) is -2.41. The zero-order valence-corrected chi connectivity index (χ0v) is 20.8. The molecule has 0 unspecified atom stereocenters. The van der Waals surface area contributed by atoms with Gasteiger partial charge in [0.25, 0.3) is 5.91 Å². The van der Waals surface area contributed by atoms with Crippen molar-refractivity contribution in [2.45, 2.75) is 37.3 Å². The molecule has 37 heavy (non-hydrogen) atoms. The molecular formula is C27H27F3N4O3. The molecule has 2 amide bonds. The number of hydrogen-bond donors (Lipinski definition) is 0. The van der Waals surface area contributed by atoms with Crippen molar-refractivity contribution in [1.29, 1.82) is 0 Å². The number of amides is 2. The molecule has 0 radical (unpaired) electrons. The van der Waals surface area contributed by atoms with Crippen LogP contribution in [0.25, 0.3) is 5.69 Å². The Kier molecular flexibility index (Phi) is 6.00. The number of nitrogens with zero attached hydrogens (tertiary/aromatic N) is 4. The molecule has 0 atom stereocenters. The average molecular weight is 513 g/mol. The van der Waals surface area contributed by atoms with Crippen molar-refractivity contribution in [1.82, 2.24) is 14.7 Å². The SMILES string of the molecule is COc1ccc(-n2nc(C(F)(F)F)c3c2C(=O)N(c2ccc(C4(CC(=O)N(C)C)CC4)cc2)CC3)cc1. The van der Waals surface area contributed by atoms with E-state index in [0.717, 1.165) is 23.1 Å². The van der Waals surface area contributed by atoms with Crippen LogP contribution in [0.5, 0.6) is 5.75 Å². The summed E-state index contributed by atoms with van der Waals surface area (Å²) >= 11 is 0. The second kappa shape index (κ2) is 8.93. The van der Waals surface area contributed by atoms with Crippen molar-refractivity contribution in [2.24, 2.45) is 0 Å². The molecule has 0 saturated heterocycles. The second-order valence-corrected chi connectivity index (χ2v) is 9.78. The van der Waals surface area contributed by atoms with Gasteiger partial charge < -0.3 is 14.5 Å². The molecule has 1 aliphatic carbocycles.